The number of allylic oxidation sites excluding steroid dienone is 1. The summed E-state index contributed by atoms with van der Waals surface area (Å²) in [6.07, 6.45) is 5.90. The Labute approximate surface area is 87.4 Å². The van der Waals surface area contributed by atoms with E-state index < -0.39 is 0 Å². The van der Waals surface area contributed by atoms with Crippen molar-refractivity contribution in [3.05, 3.63) is 11.6 Å². The van der Waals surface area contributed by atoms with Gasteiger partial charge in [-0.05, 0) is 24.7 Å². The molecule has 1 rings (SSSR count). The summed E-state index contributed by atoms with van der Waals surface area (Å²) in [4.78, 5) is 0. The quantitative estimate of drug-likeness (QED) is 0.679. The van der Waals surface area contributed by atoms with Crippen LogP contribution < -0.4 is 5.32 Å². The molecule has 0 aromatic rings. The molecule has 2 nitrogen and oxygen atoms in total. The summed E-state index contributed by atoms with van der Waals surface area (Å²) in [7, 11) is 0. The molecule has 0 aliphatic heterocycles. The minimum absolute atomic E-state index is 0.242. The molecule has 14 heavy (non-hydrogen) atoms. The van der Waals surface area contributed by atoms with Crippen LogP contribution in [0.3, 0.4) is 0 Å². The van der Waals surface area contributed by atoms with Crippen molar-refractivity contribution in [2.75, 3.05) is 13.2 Å². The zero-order valence-electron chi connectivity index (χ0n) is 9.64. The van der Waals surface area contributed by atoms with Gasteiger partial charge in [0, 0.05) is 12.6 Å². The molecule has 1 unspecified atom stereocenters. The first-order valence-electron chi connectivity index (χ1n) is 5.58. The molecule has 0 radical (unpaired) electrons. The van der Waals surface area contributed by atoms with Gasteiger partial charge in [-0.1, -0.05) is 32.4 Å². The summed E-state index contributed by atoms with van der Waals surface area (Å²) in [5, 5.41) is 12.0. The molecule has 0 aromatic heterocycles. The van der Waals surface area contributed by atoms with Crippen LogP contribution in [0.4, 0.5) is 0 Å². The first-order chi connectivity index (χ1) is 6.54. The second kappa shape index (κ2) is 4.94. The van der Waals surface area contributed by atoms with E-state index in [2.05, 4.69) is 32.2 Å². The maximum absolute atomic E-state index is 8.70. The fourth-order valence-corrected chi connectivity index (χ4v) is 1.97. The maximum Gasteiger partial charge on any atom is 0.0556 e. The van der Waals surface area contributed by atoms with Crippen LogP contribution >= 0.6 is 0 Å². The molecule has 0 amide bonds. The van der Waals surface area contributed by atoms with E-state index in [4.69, 9.17) is 5.11 Å². The van der Waals surface area contributed by atoms with Gasteiger partial charge in [0.1, 0.15) is 0 Å². The maximum atomic E-state index is 8.70. The van der Waals surface area contributed by atoms with E-state index in [9.17, 15) is 0 Å². The third kappa shape index (κ3) is 3.43. The van der Waals surface area contributed by atoms with Crippen LogP contribution in [-0.4, -0.2) is 24.3 Å². The van der Waals surface area contributed by atoms with E-state index >= 15 is 0 Å². The van der Waals surface area contributed by atoms with Crippen molar-refractivity contribution in [3.63, 3.8) is 0 Å². The molecule has 0 spiro atoms. The highest BCUT2D eigenvalue weighted by Crippen LogP contribution is 2.32. The van der Waals surface area contributed by atoms with Crippen LogP contribution in [0.2, 0.25) is 0 Å². The van der Waals surface area contributed by atoms with Gasteiger partial charge < -0.3 is 10.4 Å². The number of nitrogens with one attached hydrogen (secondary N) is 1. The second-order valence-electron chi connectivity index (χ2n) is 5.13. The lowest BCUT2D eigenvalue weighted by atomic mass is 9.79. The molecule has 0 saturated carbocycles. The van der Waals surface area contributed by atoms with Gasteiger partial charge in [-0.3, -0.25) is 0 Å². The lowest BCUT2D eigenvalue weighted by Gasteiger charge is -2.30. The topological polar surface area (TPSA) is 32.3 Å². The summed E-state index contributed by atoms with van der Waals surface area (Å²) >= 11 is 0. The van der Waals surface area contributed by atoms with Crippen molar-refractivity contribution in [2.45, 2.75) is 46.1 Å². The molecule has 82 valence electrons. The van der Waals surface area contributed by atoms with Crippen molar-refractivity contribution >= 4 is 0 Å². The van der Waals surface area contributed by atoms with Crippen molar-refractivity contribution in [1.29, 1.82) is 0 Å². The molecule has 2 heteroatoms. The summed E-state index contributed by atoms with van der Waals surface area (Å²) in [6, 6.07) is 0.577. The van der Waals surface area contributed by atoms with Gasteiger partial charge in [-0.25, -0.2) is 0 Å². The van der Waals surface area contributed by atoms with Gasteiger partial charge >= 0.3 is 0 Å². The molecular formula is C12H23NO. The predicted octanol–water partition coefficient (Wildman–Crippen LogP) is 2.09. The van der Waals surface area contributed by atoms with Gasteiger partial charge in [0.05, 0.1) is 6.61 Å². The first kappa shape index (κ1) is 11.7. The van der Waals surface area contributed by atoms with Crippen LogP contribution in [-0.2, 0) is 0 Å². The SMILES string of the molecule is CC(C)(C)C1=CCC(NCCO)CC1. The van der Waals surface area contributed by atoms with E-state index in [1.165, 1.54) is 12.8 Å². The minimum atomic E-state index is 0.242. The standard InChI is InChI=1S/C12H23NO/c1-12(2,3)10-4-6-11(7-5-10)13-8-9-14/h4,11,13-14H,5-9H2,1-3H3. The highest BCUT2D eigenvalue weighted by Gasteiger charge is 2.21. The average molecular weight is 197 g/mol. The molecule has 0 aromatic carbocycles. The molecule has 1 atom stereocenters. The summed E-state index contributed by atoms with van der Waals surface area (Å²) in [5.41, 5.74) is 1.92. The van der Waals surface area contributed by atoms with Crippen LogP contribution in [0, 0.1) is 5.41 Å². The van der Waals surface area contributed by atoms with Gasteiger partial charge in [0.2, 0.25) is 0 Å². The Morgan fingerprint density at radius 1 is 1.50 bits per heavy atom. The monoisotopic (exact) mass is 197 g/mol. The summed E-state index contributed by atoms with van der Waals surface area (Å²) < 4.78 is 0. The highest BCUT2D eigenvalue weighted by molar-refractivity contribution is 5.14. The van der Waals surface area contributed by atoms with Crippen molar-refractivity contribution in [3.8, 4) is 0 Å². The van der Waals surface area contributed by atoms with E-state index in [0.29, 0.717) is 11.5 Å². The van der Waals surface area contributed by atoms with Crippen LogP contribution in [0.25, 0.3) is 0 Å². The Balaban J connectivity index is 2.39. The van der Waals surface area contributed by atoms with Crippen molar-refractivity contribution in [2.24, 2.45) is 5.41 Å². The Morgan fingerprint density at radius 3 is 2.64 bits per heavy atom. The third-order valence-electron chi connectivity index (χ3n) is 2.92. The second-order valence-corrected chi connectivity index (χ2v) is 5.13. The largest absolute Gasteiger partial charge is 0.395 e. The van der Waals surface area contributed by atoms with E-state index in [-0.39, 0.29) is 6.61 Å². The zero-order chi connectivity index (χ0) is 10.6. The molecule has 1 aliphatic rings. The summed E-state index contributed by atoms with van der Waals surface area (Å²) in [6.45, 7) is 7.80. The minimum Gasteiger partial charge on any atom is -0.395 e. The summed E-state index contributed by atoms with van der Waals surface area (Å²) in [5.74, 6) is 0. The van der Waals surface area contributed by atoms with Crippen molar-refractivity contribution in [1.82, 2.24) is 5.32 Å². The smallest absolute Gasteiger partial charge is 0.0556 e. The lowest BCUT2D eigenvalue weighted by Crippen LogP contribution is -2.33. The Morgan fingerprint density at radius 2 is 2.21 bits per heavy atom. The average Bonchev–Trinajstić information content (AvgIpc) is 2.14. The molecular weight excluding hydrogens is 174 g/mol. The highest BCUT2D eigenvalue weighted by atomic mass is 16.3. The van der Waals surface area contributed by atoms with Gasteiger partial charge in [0.15, 0.2) is 0 Å². The number of hydrogen-bond donors (Lipinski definition) is 2. The molecule has 0 fully saturated rings. The zero-order valence-corrected chi connectivity index (χ0v) is 9.64. The van der Waals surface area contributed by atoms with Gasteiger partial charge in [-0.2, -0.15) is 0 Å². The molecule has 0 bridgehead atoms. The molecule has 1 aliphatic carbocycles. The molecule has 2 N–H and O–H groups in total. The van der Waals surface area contributed by atoms with Crippen molar-refractivity contribution < 1.29 is 5.11 Å². The van der Waals surface area contributed by atoms with Crippen LogP contribution in [0.1, 0.15) is 40.0 Å². The lowest BCUT2D eigenvalue weighted by molar-refractivity contribution is 0.279. The number of aliphatic hydroxyl groups is 1. The molecule has 0 heterocycles. The molecule has 0 saturated heterocycles. The Kier molecular flexibility index (Phi) is 4.14. The van der Waals surface area contributed by atoms with Crippen LogP contribution in [0.15, 0.2) is 11.6 Å². The normalized spacial score (nSPS) is 23.4. The Bertz CT molecular complexity index is 203. The first-order valence-corrected chi connectivity index (χ1v) is 5.58. The number of hydrogen-bond acceptors (Lipinski definition) is 2. The Hall–Kier alpha value is -0.340. The van der Waals surface area contributed by atoms with E-state index in [1.807, 2.05) is 0 Å². The van der Waals surface area contributed by atoms with Gasteiger partial charge in [-0.15, -0.1) is 0 Å². The number of aliphatic hydroxyl groups excluding tert-OH is 1. The number of rotatable bonds is 3. The fourth-order valence-electron chi connectivity index (χ4n) is 1.97. The fraction of sp³-hybridized carbons (Fsp3) is 0.833. The van der Waals surface area contributed by atoms with E-state index in [1.54, 1.807) is 5.57 Å². The van der Waals surface area contributed by atoms with Gasteiger partial charge in [0.25, 0.3) is 0 Å². The van der Waals surface area contributed by atoms with Crippen LogP contribution in [0.5, 0.6) is 0 Å². The predicted molar refractivity (Wildman–Crippen MR) is 60.3 cm³/mol. The van der Waals surface area contributed by atoms with E-state index in [0.717, 1.165) is 13.0 Å². The third-order valence-corrected chi connectivity index (χ3v) is 2.92.